The van der Waals surface area contributed by atoms with Gasteiger partial charge < -0.3 is 20.7 Å². The lowest BCUT2D eigenvalue weighted by atomic mass is 10.1. The number of urea groups is 1. The Bertz CT molecular complexity index is 765. The number of nitrogens with one attached hydrogen (secondary N) is 3. The van der Waals surface area contributed by atoms with E-state index in [1.807, 2.05) is 48.5 Å². The number of ether oxygens (including phenoxy) is 1. The Balaban J connectivity index is 1.41. The summed E-state index contributed by atoms with van der Waals surface area (Å²) in [5.41, 5.74) is 3.99. The van der Waals surface area contributed by atoms with Gasteiger partial charge >= 0.3 is 6.03 Å². The van der Waals surface area contributed by atoms with Crippen LogP contribution < -0.4 is 20.7 Å². The number of allylic oxidation sites excluding steroid dienone is 1. The summed E-state index contributed by atoms with van der Waals surface area (Å²) in [6.45, 7) is 5.58. The molecule has 0 aliphatic heterocycles. The Morgan fingerprint density at radius 2 is 1.70 bits per heavy atom. The normalized spacial score (nSPS) is 12.9. The van der Waals surface area contributed by atoms with Crippen LogP contribution in [0, 0.1) is 5.92 Å². The van der Waals surface area contributed by atoms with Gasteiger partial charge in [-0.25, -0.2) is 4.79 Å². The number of amides is 2. The first kappa shape index (κ1) is 18.8. The molecule has 0 atom stereocenters. The maximum absolute atomic E-state index is 12.1. The zero-order valence-electron chi connectivity index (χ0n) is 15.8. The summed E-state index contributed by atoms with van der Waals surface area (Å²) in [5.74, 6) is 1.64. The second-order valence-corrected chi connectivity index (χ2v) is 6.96. The van der Waals surface area contributed by atoms with E-state index in [1.165, 1.54) is 18.4 Å². The lowest BCUT2D eigenvalue weighted by Crippen LogP contribution is -2.28. The van der Waals surface area contributed by atoms with Crippen LogP contribution in [-0.2, 0) is 13.0 Å². The van der Waals surface area contributed by atoms with Crippen LogP contribution in [0.15, 0.2) is 60.8 Å². The molecule has 2 amide bonds. The molecule has 0 spiro atoms. The van der Waals surface area contributed by atoms with Gasteiger partial charge in [0.2, 0.25) is 0 Å². The summed E-state index contributed by atoms with van der Waals surface area (Å²) in [4.78, 5) is 12.1. The highest BCUT2D eigenvalue weighted by Crippen LogP contribution is 2.27. The second-order valence-electron chi connectivity index (χ2n) is 6.96. The molecule has 0 heterocycles. The molecule has 2 aromatic carbocycles. The zero-order chi connectivity index (χ0) is 19.1. The molecule has 0 aromatic heterocycles. The summed E-state index contributed by atoms with van der Waals surface area (Å²) >= 11 is 0. The van der Waals surface area contributed by atoms with Crippen molar-refractivity contribution < 1.29 is 9.53 Å². The molecule has 1 aliphatic carbocycles. The molecule has 2 aromatic rings. The number of hydrogen-bond acceptors (Lipinski definition) is 3. The first-order valence-electron chi connectivity index (χ1n) is 9.31. The van der Waals surface area contributed by atoms with Crippen molar-refractivity contribution in [2.45, 2.75) is 25.8 Å². The van der Waals surface area contributed by atoms with Crippen LogP contribution in [0.2, 0.25) is 0 Å². The van der Waals surface area contributed by atoms with E-state index in [9.17, 15) is 4.79 Å². The van der Waals surface area contributed by atoms with Crippen LogP contribution >= 0.6 is 0 Å². The van der Waals surface area contributed by atoms with E-state index in [0.29, 0.717) is 6.54 Å². The molecule has 27 heavy (non-hydrogen) atoms. The van der Waals surface area contributed by atoms with Crippen LogP contribution in [0.4, 0.5) is 10.5 Å². The lowest BCUT2D eigenvalue weighted by Gasteiger charge is -2.11. The molecule has 1 fully saturated rings. The van der Waals surface area contributed by atoms with Crippen LogP contribution in [0.5, 0.6) is 5.75 Å². The number of benzene rings is 2. The van der Waals surface area contributed by atoms with E-state index in [4.69, 9.17) is 4.74 Å². The molecule has 1 saturated carbocycles. The number of carbonyl (C=O) groups is 1. The standard InChI is InChI=1S/C22H27N3O2/c1-16(23-14-18-3-4-18)13-17-5-9-20(10-6-17)25-22(26)24-15-19-7-11-21(27-2)12-8-19/h5-12,18,23H,1,3-4,13-15H2,2H3,(H2,24,25,26). The van der Waals surface area contributed by atoms with E-state index >= 15 is 0 Å². The maximum atomic E-state index is 12.1. The predicted octanol–water partition coefficient (Wildman–Crippen LogP) is 4.07. The molecule has 1 aliphatic rings. The van der Waals surface area contributed by atoms with Crippen LogP contribution in [-0.4, -0.2) is 19.7 Å². The Morgan fingerprint density at radius 1 is 1.04 bits per heavy atom. The fourth-order valence-corrected chi connectivity index (χ4v) is 2.73. The van der Waals surface area contributed by atoms with Gasteiger partial charge in [0.25, 0.3) is 0 Å². The molecular weight excluding hydrogens is 338 g/mol. The molecule has 5 nitrogen and oxygen atoms in total. The molecule has 0 bridgehead atoms. The molecule has 0 unspecified atom stereocenters. The number of rotatable bonds is 9. The Hall–Kier alpha value is -2.95. The second kappa shape index (κ2) is 9.12. The van der Waals surface area contributed by atoms with Crippen molar-refractivity contribution in [1.29, 1.82) is 0 Å². The zero-order valence-corrected chi connectivity index (χ0v) is 15.8. The summed E-state index contributed by atoms with van der Waals surface area (Å²) in [7, 11) is 1.63. The van der Waals surface area contributed by atoms with E-state index in [2.05, 4.69) is 22.5 Å². The molecule has 0 saturated heterocycles. The van der Waals surface area contributed by atoms with Crippen molar-refractivity contribution in [2.24, 2.45) is 5.92 Å². The van der Waals surface area contributed by atoms with Crippen molar-refractivity contribution in [1.82, 2.24) is 10.6 Å². The van der Waals surface area contributed by atoms with Gasteiger partial charge in [0.15, 0.2) is 0 Å². The topological polar surface area (TPSA) is 62.4 Å². The fraction of sp³-hybridized carbons (Fsp3) is 0.318. The Kier molecular flexibility index (Phi) is 6.36. The van der Waals surface area contributed by atoms with Gasteiger partial charge in [-0.1, -0.05) is 30.8 Å². The highest BCUT2D eigenvalue weighted by atomic mass is 16.5. The third-order valence-corrected chi connectivity index (χ3v) is 4.58. The van der Waals surface area contributed by atoms with Crippen molar-refractivity contribution >= 4 is 11.7 Å². The van der Waals surface area contributed by atoms with Crippen LogP contribution in [0.1, 0.15) is 24.0 Å². The first-order valence-corrected chi connectivity index (χ1v) is 9.31. The highest BCUT2D eigenvalue weighted by Gasteiger charge is 2.20. The molecule has 142 valence electrons. The molecule has 5 heteroatoms. The van der Waals surface area contributed by atoms with E-state index in [-0.39, 0.29) is 6.03 Å². The smallest absolute Gasteiger partial charge is 0.319 e. The number of methoxy groups -OCH3 is 1. The third kappa shape index (κ3) is 6.37. The average molecular weight is 365 g/mol. The average Bonchev–Trinajstić information content (AvgIpc) is 3.51. The van der Waals surface area contributed by atoms with Crippen LogP contribution in [0.25, 0.3) is 0 Å². The minimum absolute atomic E-state index is 0.228. The lowest BCUT2D eigenvalue weighted by molar-refractivity contribution is 0.251. The van der Waals surface area contributed by atoms with Gasteiger partial charge in [0.1, 0.15) is 5.75 Å². The molecular formula is C22H27N3O2. The predicted molar refractivity (Wildman–Crippen MR) is 109 cm³/mol. The van der Waals surface area contributed by atoms with Gasteiger partial charge in [-0.15, -0.1) is 0 Å². The van der Waals surface area contributed by atoms with Crippen molar-refractivity contribution in [3.8, 4) is 5.75 Å². The van der Waals surface area contributed by atoms with Crippen molar-refractivity contribution in [3.05, 3.63) is 71.9 Å². The first-order chi connectivity index (χ1) is 13.1. The van der Waals surface area contributed by atoms with Gasteiger partial charge in [0, 0.05) is 30.9 Å². The van der Waals surface area contributed by atoms with Gasteiger partial charge in [-0.05, 0) is 54.2 Å². The largest absolute Gasteiger partial charge is 0.497 e. The summed E-state index contributed by atoms with van der Waals surface area (Å²) < 4.78 is 5.12. The summed E-state index contributed by atoms with van der Waals surface area (Å²) in [6.07, 6.45) is 3.47. The maximum Gasteiger partial charge on any atom is 0.319 e. The molecule has 3 N–H and O–H groups in total. The summed E-state index contributed by atoms with van der Waals surface area (Å²) in [6, 6.07) is 15.2. The minimum Gasteiger partial charge on any atom is -0.497 e. The quantitative estimate of drug-likeness (QED) is 0.628. The Morgan fingerprint density at radius 3 is 2.33 bits per heavy atom. The highest BCUT2D eigenvalue weighted by molar-refractivity contribution is 5.89. The summed E-state index contributed by atoms with van der Waals surface area (Å²) in [5, 5.41) is 9.10. The monoisotopic (exact) mass is 365 g/mol. The van der Waals surface area contributed by atoms with E-state index in [0.717, 1.165) is 41.6 Å². The van der Waals surface area contributed by atoms with Gasteiger partial charge in [-0.3, -0.25) is 0 Å². The van der Waals surface area contributed by atoms with E-state index in [1.54, 1.807) is 7.11 Å². The van der Waals surface area contributed by atoms with Crippen molar-refractivity contribution in [2.75, 3.05) is 19.0 Å². The Labute approximate surface area is 160 Å². The number of anilines is 1. The SMILES string of the molecule is C=C(Cc1ccc(NC(=O)NCc2ccc(OC)cc2)cc1)NCC1CC1. The van der Waals surface area contributed by atoms with Crippen molar-refractivity contribution in [3.63, 3.8) is 0 Å². The molecule has 3 rings (SSSR count). The van der Waals surface area contributed by atoms with Crippen LogP contribution in [0.3, 0.4) is 0 Å². The number of carbonyl (C=O) groups excluding carboxylic acids is 1. The van der Waals surface area contributed by atoms with Gasteiger partial charge in [-0.2, -0.15) is 0 Å². The van der Waals surface area contributed by atoms with Gasteiger partial charge in [0.05, 0.1) is 7.11 Å². The molecule has 0 radical (unpaired) electrons. The fourth-order valence-electron chi connectivity index (χ4n) is 2.73. The minimum atomic E-state index is -0.228. The van der Waals surface area contributed by atoms with E-state index < -0.39 is 0 Å². The third-order valence-electron chi connectivity index (χ3n) is 4.58. The number of hydrogen-bond donors (Lipinski definition) is 3.